The minimum Gasteiger partial charge on any atom is -0.312 e. The molecule has 4 nitrogen and oxygen atoms in total. The van der Waals surface area contributed by atoms with Gasteiger partial charge in [-0.3, -0.25) is 0 Å². The Morgan fingerprint density at radius 3 is 1.78 bits per heavy atom. The predicted molar refractivity (Wildman–Crippen MR) is 90.6 cm³/mol. The Morgan fingerprint density at radius 1 is 0.783 bits per heavy atom. The molecule has 0 aromatic heterocycles. The Balaban J connectivity index is 1.81. The standard InChI is InChI=1S/C18H21O4P/c19-13-7-8-14-20-23(21-15-17-9-3-1-4-10-17)22-16-18-11-5-2-6-12-18/h1-6,9-13H,7-8,14-16H2. The molecule has 0 amide bonds. The normalized spacial score (nSPS) is 10.8. The molecule has 0 radical (unpaired) electrons. The molecule has 0 fully saturated rings. The molecule has 0 heterocycles. The summed E-state index contributed by atoms with van der Waals surface area (Å²) in [6.07, 6.45) is 2.05. The van der Waals surface area contributed by atoms with Crippen molar-refractivity contribution in [3.05, 3.63) is 71.8 Å². The second-order valence-electron chi connectivity index (χ2n) is 4.88. The Hall–Kier alpha value is -1.58. The van der Waals surface area contributed by atoms with Gasteiger partial charge in [-0.15, -0.1) is 0 Å². The fourth-order valence-electron chi connectivity index (χ4n) is 1.82. The number of hydrogen-bond acceptors (Lipinski definition) is 4. The van der Waals surface area contributed by atoms with Crippen LogP contribution >= 0.6 is 8.60 Å². The number of carbonyl (C=O) groups excluding carboxylic acids is 1. The molecule has 0 saturated heterocycles. The summed E-state index contributed by atoms with van der Waals surface area (Å²) < 4.78 is 17.2. The van der Waals surface area contributed by atoms with Gasteiger partial charge in [0, 0.05) is 6.42 Å². The molecule has 122 valence electrons. The number of benzene rings is 2. The van der Waals surface area contributed by atoms with Gasteiger partial charge in [-0.1, -0.05) is 60.7 Å². The van der Waals surface area contributed by atoms with E-state index >= 15 is 0 Å². The zero-order chi connectivity index (χ0) is 16.2. The average molecular weight is 332 g/mol. The lowest BCUT2D eigenvalue weighted by Gasteiger charge is -2.16. The van der Waals surface area contributed by atoms with Gasteiger partial charge in [0.1, 0.15) is 6.29 Å². The van der Waals surface area contributed by atoms with Crippen LogP contribution in [-0.4, -0.2) is 12.9 Å². The number of rotatable bonds is 11. The molecule has 0 N–H and O–H groups in total. The van der Waals surface area contributed by atoms with Crippen LogP contribution in [0.3, 0.4) is 0 Å². The van der Waals surface area contributed by atoms with E-state index in [-0.39, 0.29) is 0 Å². The van der Waals surface area contributed by atoms with Crippen molar-refractivity contribution in [3.8, 4) is 0 Å². The van der Waals surface area contributed by atoms with Gasteiger partial charge in [0.15, 0.2) is 0 Å². The van der Waals surface area contributed by atoms with Crippen molar-refractivity contribution in [1.29, 1.82) is 0 Å². The number of carbonyl (C=O) groups is 1. The quantitative estimate of drug-likeness (QED) is 0.341. The van der Waals surface area contributed by atoms with E-state index in [1.165, 1.54) is 0 Å². The van der Waals surface area contributed by atoms with Crippen LogP contribution in [0, 0.1) is 0 Å². The third-order valence-corrected chi connectivity index (χ3v) is 4.10. The second-order valence-corrected chi connectivity index (χ2v) is 6.11. The monoisotopic (exact) mass is 332 g/mol. The molecule has 5 heteroatoms. The zero-order valence-corrected chi connectivity index (χ0v) is 13.9. The van der Waals surface area contributed by atoms with E-state index in [1.807, 2.05) is 60.7 Å². The van der Waals surface area contributed by atoms with Gasteiger partial charge < -0.3 is 18.4 Å². The van der Waals surface area contributed by atoms with Crippen molar-refractivity contribution in [1.82, 2.24) is 0 Å². The highest BCUT2D eigenvalue weighted by Crippen LogP contribution is 2.41. The van der Waals surface area contributed by atoms with Crippen LogP contribution in [0.4, 0.5) is 0 Å². The molecule has 23 heavy (non-hydrogen) atoms. The first-order valence-electron chi connectivity index (χ1n) is 7.59. The Bertz CT molecular complexity index is 504. The van der Waals surface area contributed by atoms with Crippen molar-refractivity contribution in [2.45, 2.75) is 26.1 Å². The fourth-order valence-corrected chi connectivity index (χ4v) is 2.83. The maximum atomic E-state index is 10.4. The van der Waals surface area contributed by atoms with E-state index in [1.54, 1.807) is 0 Å². The summed E-state index contributed by atoms with van der Waals surface area (Å²) in [7, 11) is -1.44. The number of hydrogen-bond donors (Lipinski definition) is 0. The van der Waals surface area contributed by atoms with Crippen LogP contribution in [0.5, 0.6) is 0 Å². The van der Waals surface area contributed by atoms with Crippen LogP contribution in [0.1, 0.15) is 24.0 Å². The smallest absolute Gasteiger partial charge is 0.312 e. The zero-order valence-electron chi connectivity index (χ0n) is 13.0. The summed E-state index contributed by atoms with van der Waals surface area (Å²) in [6, 6.07) is 19.8. The molecule has 0 aliphatic heterocycles. The van der Waals surface area contributed by atoms with Crippen molar-refractivity contribution in [2.24, 2.45) is 0 Å². The van der Waals surface area contributed by atoms with Gasteiger partial charge in [0.2, 0.25) is 0 Å². The molecule has 0 spiro atoms. The van der Waals surface area contributed by atoms with Crippen molar-refractivity contribution in [2.75, 3.05) is 6.61 Å². The Kier molecular flexibility index (Phi) is 8.52. The first-order chi connectivity index (χ1) is 11.4. The van der Waals surface area contributed by atoms with Gasteiger partial charge in [0.25, 0.3) is 0 Å². The highest BCUT2D eigenvalue weighted by atomic mass is 31.2. The van der Waals surface area contributed by atoms with Gasteiger partial charge in [-0.25, -0.2) is 0 Å². The summed E-state index contributed by atoms with van der Waals surface area (Å²) in [5, 5.41) is 0. The number of aldehydes is 1. The molecule has 0 bridgehead atoms. The summed E-state index contributed by atoms with van der Waals surface area (Å²) in [6.45, 7) is 1.33. The first-order valence-corrected chi connectivity index (χ1v) is 8.68. The molecule has 0 unspecified atom stereocenters. The molecule has 2 aromatic rings. The lowest BCUT2D eigenvalue weighted by atomic mass is 10.2. The van der Waals surface area contributed by atoms with E-state index < -0.39 is 8.60 Å². The third kappa shape index (κ3) is 7.49. The van der Waals surface area contributed by atoms with Crippen molar-refractivity contribution in [3.63, 3.8) is 0 Å². The van der Waals surface area contributed by atoms with Crippen LogP contribution in [0.2, 0.25) is 0 Å². The largest absolute Gasteiger partial charge is 0.333 e. The van der Waals surface area contributed by atoms with E-state index in [9.17, 15) is 4.79 Å². The van der Waals surface area contributed by atoms with Gasteiger partial charge in [-0.05, 0) is 17.5 Å². The third-order valence-electron chi connectivity index (χ3n) is 3.02. The van der Waals surface area contributed by atoms with Crippen molar-refractivity contribution >= 4 is 14.9 Å². The van der Waals surface area contributed by atoms with Crippen LogP contribution in [0.25, 0.3) is 0 Å². The average Bonchev–Trinajstić information content (AvgIpc) is 2.62. The van der Waals surface area contributed by atoms with Gasteiger partial charge in [-0.2, -0.15) is 0 Å². The summed E-state index contributed by atoms with van der Waals surface area (Å²) in [4.78, 5) is 10.4. The SMILES string of the molecule is O=CCCCOP(OCc1ccccc1)OCc1ccccc1. The fraction of sp³-hybridized carbons (Fsp3) is 0.278. The minimum absolute atomic E-state index is 0.439. The maximum absolute atomic E-state index is 10.4. The summed E-state index contributed by atoms with van der Waals surface area (Å²) in [5.41, 5.74) is 2.14. The van der Waals surface area contributed by atoms with Crippen LogP contribution < -0.4 is 0 Å². The Morgan fingerprint density at radius 2 is 1.30 bits per heavy atom. The molecule has 0 atom stereocenters. The van der Waals surface area contributed by atoms with Crippen LogP contribution in [-0.2, 0) is 31.6 Å². The second kappa shape index (κ2) is 11.0. The predicted octanol–water partition coefficient (Wildman–Crippen LogP) is 4.64. The van der Waals surface area contributed by atoms with E-state index in [0.29, 0.717) is 32.7 Å². The summed E-state index contributed by atoms with van der Waals surface area (Å²) >= 11 is 0. The summed E-state index contributed by atoms with van der Waals surface area (Å²) in [5.74, 6) is 0. The maximum Gasteiger partial charge on any atom is 0.333 e. The van der Waals surface area contributed by atoms with E-state index in [0.717, 1.165) is 17.4 Å². The molecular weight excluding hydrogens is 311 g/mol. The van der Waals surface area contributed by atoms with Gasteiger partial charge in [0.05, 0.1) is 19.8 Å². The van der Waals surface area contributed by atoms with E-state index in [4.69, 9.17) is 13.6 Å². The molecule has 0 saturated carbocycles. The lowest BCUT2D eigenvalue weighted by molar-refractivity contribution is -0.108. The minimum atomic E-state index is -1.44. The topological polar surface area (TPSA) is 44.8 Å². The highest BCUT2D eigenvalue weighted by molar-refractivity contribution is 7.41. The Labute approximate surface area is 138 Å². The molecule has 0 aliphatic carbocycles. The molecule has 2 aromatic carbocycles. The highest BCUT2D eigenvalue weighted by Gasteiger charge is 2.13. The first kappa shape index (κ1) is 17.8. The van der Waals surface area contributed by atoms with Crippen LogP contribution in [0.15, 0.2) is 60.7 Å². The van der Waals surface area contributed by atoms with Crippen molar-refractivity contribution < 1.29 is 18.4 Å². The molecule has 2 rings (SSSR count). The number of unbranched alkanes of at least 4 members (excludes halogenated alkanes) is 1. The molecular formula is C18H21O4P. The van der Waals surface area contributed by atoms with Gasteiger partial charge >= 0.3 is 8.60 Å². The lowest BCUT2D eigenvalue weighted by Crippen LogP contribution is -1.99. The van der Waals surface area contributed by atoms with E-state index in [2.05, 4.69) is 0 Å². The molecule has 0 aliphatic rings.